The van der Waals surface area contributed by atoms with Crippen LogP contribution in [0.5, 0.6) is 0 Å². The molecule has 0 fully saturated rings. The second-order valence-corrected chi connectivity index (χ2v) is 6.57. The lowest BCUT2D eigenvalue weighted by Gasteiger charge is -2.10. The molecule has 0 spiro atoms. The maximum atomic E-state index is 12.3. The zero-order valence-electron chi connectivity index (χ0n) is 12.3. The Kier molecular flexibility index (Phi) is 4.47. The summed E-state index contributed by atoms with van der Waals surface area (Å²) in [5.74, 6) is 0.655. The molecule has 6 heteroatoms. The largest absolute Gasteiger partial charge is 0.370 e. The Morgan fingerprint density at radius 2 is 1.76 bits per heavy atom. The van der Waals surface area contributed by atoms with Crippen LogP contribution < -0.4 is 10.0 Å². The highest BCUT2D eigenvalue weighted by atomic mass is 32.2. The summed E-state index contributed by atoms with van der Waals surface area (Å²) in [6, 6.07) is 8.77. The highest BCUT2D eigenvalue weighted by Crippen LogP contribution is 2.19. The van der Waals surface area contributed by atoms with Gasteiger partial charge in [-0.3, -0.25) is 4.72 Å². The monoisotopic (exact) mass is 305 g/mol. The molecule has 2 N–H and O–H groups in total. The van der Waals surface area contributed by atoms with Gasteiger partial charge in [0.25, 0.3) is 10.0 Å². The second-order valence-electron chi connectivity index (χ2n) is 4.89. The number of rotatable bonds is 5. The van der Waals surface area contributed by atoms with E-state index in [2.05, 4.69) is 15.0 Å². The maximum Gasteiger partial charge on any atom is 0.263 e. The summed E-state index contributed by atoms with van der Waals surface area (Å²) in [5.41, 5.74) is 2.57. The molecular weight excluding hydrogens is 286 g/mol. The summed E-state index contributed by atoms with van der Waals surface area (Å²) in [7, 11) is -3.62. The molecule has 1 aromatic heterocycles. The Balaban J connectivity index is 2.25. The van der Waals surface area contributed by atoms with E-state index in [0.29, 0.717) is 11.5 Å². The molecule has 0 aliphatic heterocycles. The van der Waals surface area contributed by atoms with Crippen molar-refractivity contribution in [1.82, 2.24) is 4.98 Å². The van der Waals surface area contributed by atoms with Gasteiger partial charge in [0.15, 0.2) is 0 Å². The first kappa shape index (κ1) is 15.3. The van der Waals surface area contributed by atoms with Crippen molar-refractivity contribution in [3.8, 4) is 0 Å². The van der Waals surface area contributed by atoms with Crippen LogP contribution in [0.3, 0.4) is 0 Å². The Morgan fingerprint density at radius 3 is 2.29 bits per heavy atom. The lowest BCUT2D eigenvalue weighted by Crippen LogP contribution is -2.13. The molecule has 0 aliphatic rings. The minimum atomic E-state index is -3.62. The molecule has 112 valence electrons. The van der Waals surface area contributed by atoms with E-state index in [-0.39, 0.29) is 4.90 Å². The zero-order valence-corrected chi connectivity index (χ0v) is 13.2. The molecule has 0 bridgehead atoms. The topological polar surface area (TPSA) is 71.1 Å². The van der Waals surface area contributed by atoms with Crippen LogP contribution in [0, 0.1) is 13.8 Å². The summed E-state index contributed by atoms with van der Waals surface area (Å²) < 4.78 is 27.2. The van der Waals surface area contributed by atoms with E-state index in [1.165, 1.54) is 12.3 Å². The normalized spacial score (nSPS) is 11.2. The molecule has 0 amide bonds. The summed E-state index contributed by atoms with van der Waals surface area (Å²) in [6.45, 7) is 6.54. The van der Waals surface area contributed by atoms with Crippen molar-refractivity contribution in [1.29, 1.82) is 0 Å². The van der Waals surface area contributed by atoms with Crippen molar-refractivity contribution in [2.75, 3.05) is 16.6 Å². The Hall–Kier alpha value is -2.08. The van der Waals surface area contributed by atoms with E-state index in [1.54, 1.807) is 18.2 Å². The lowest BCUT2D eigenvalue weighted by atomic mass is 10.1. The van der Waals surface area contributed by atoms with Crippen molar-refractivity contribution >= 4 is 21.5 Å². The van der Waals surface area contributed by atoms with Gasteiger partial charge < -0.3 is 5.32 Å². The molecule has 0 radical (unpaired) electrons. The van der Waals surface area contributed by atoms with Crippen LogP contribution >= 0.6 is 0 Å². The Morgan fingerprint density at radius 1 is 1.10 bits per heavy atom. The maximum absolute atomic E-state index is 12.3. The summed E-state index contributed by atoms with van der Waals surface area (Å²) in [4.78, 5) is 4.22. The minimum Gasteiger partial charge on any atom is -0.370 e. The minimum absolute atomic E-state index is 0.142. The number of hydrogen-bond donors (Lipinski definition) is 2. The highest BCUT2D eigenvalue weighted by molar-refractivity contribution is 7.92. The van der Waals surface area contributed by atoms with Crippen molar-refractivity contribution in [3.05, 3.63) is 47.7 Å². The molecule has 1 heterocycles. The number of hydrogen-bond acceptors (Lipinski definition) is 4. The smallest absolute Gasteiger partial charge is 0.263 e. The first-order chi connectivity index (χ1) is 9.90. The Labute approximate surface area is 125 Å². The van der Waals surface area contributed by atoms with E-state index in [9.17, 15) is 8.42 Å². The predicted octanol–water partition coefficient (Wildman–Crippen LogP) is 2.93. The number of nitrogens with zero attached hydrogens (tertiary/aromatic N) is 1. The van der Waals surface area contributed by atoms with Gasteiger partial charge >= 0.3 is 0 Å². The van der Waals surface area contributed by atoms with Crippen LogP contribution in [0.15, 0.2) is 41.4 Å². The van der Waals surface area contributed by atoms with Gasteiger partial charge in [0.05, 0.1) is 0 Å². The van der Waals surface area contributed by atoms with E-state index in [0.717, 1.165) is 17.7 Å². The fourth-order valence-corrected chi connectivity index (χ4v) is 3.06. The molecule has 2 aromatic rings. The third-order valence-corrected chi connectivity index (χ3v) is 4.24. The summed E-state index contributed by atoms with van der Waals surface area (Å²) in [6.07, 6.45) is 1.35. The van der Waals surface area contributed by atoms with E-state index >= 15 is 0 Å². The highest BCUT2D eigenvalue weighted by Gasteiger charge is 2.15. The van der Waals surface area contributed by atoms with E-state index in [4.69, 9.17) is 0 Å². The second kappa shape index (κ2) is 6.13. The fraction of sp³-hybridized carbons (Fsp3) is 0.267. The quantitative estimate of drug-likeness (QED) is 0.891. The average Bonchev–Trinajstić information content (AvgIpc) is 2.38. The number of anilines is 2. The van der Waals surface area contributed by atoms with Gasteiger partial charge in [-0.25, -0.2) is 13.4 Å². The average molecular weight is 305 g/mol. The third kappa shape index (κ3) is 3.95. The van der Waals surface area contributed by atoms with Gasteiger partial charge in [-0.2, -0.15) is 0 Å². The number of aromatic nitrogens is 1. The van der Waals surface area contributed by atoms with E-state index in [1.807, 2.05) is 26.8 Å². The van der Waals surface area contributed by atoms with Gasteiger partial charge in [-0.1, -0.05) is 6.07 Å². The first-order valence-electron chi connectivity index (χ1n) is 6.72. The van der Waals surface area contributed by atoms with Crippen molar-refractivity contribution < 1.29 is 8.42 Å². The van der Waals surface area contributed by atoms with Gasteiger partial charge in [0.1, 0.15) is 10.7 Å². The van der Waals surface area contributed by atoms with Crippen LogP contribution in [0.1, 0.15) is 18.1 Å². The lowest BCUT2D eigenvalue weighted by molar-refractivity contribution is 0.601. The number of pyridine rings is 1. The number of aryl methyl sites for hydroxylation is 2. The fourth-order valence-electron chi connectivity index (χ4n) is 2.07. The summed E-state index contributed by atoms with van der Waals surface area (Å²) in [5, 5.41) is 3.02. The SMILES string of the molecule is CCNc1ccc(S(=O)(=O)Nc2cc(C)cc(C)c2)cn1. The summed E-state index contributed by atoms with van der Waals surface area (Å²) >= 11 is 0. The molecule has 0 saturated carbocycles. The van der Waals surface area contributed by atoms with Crippen molar-refractivity contribution in [2.45, 2.75) is 25.7 Å². The number of nitrogens with one attached hydrogen (secondary N) is 2. The van der Waals surface area contributed by atoms with Gasteiger partial charge in [0.2, 0.25) is 0 Å². The molecule has 1 aromatic carbocycles. The Bertz CT molecular complexity index is 705. The standard InChI is InChI=1S/C15H19N3O2S/c1-4-16-15-6-5-14(10-17-15)21(19,20)18-13-8-11(2)7-12(3)9-13/h5-10,18H,4H2,1-3H3,(H,16,17). The van der Waals surface area contributed by atoms with Crippen LogP contribution in [-0.4, -0.2) is 19.9 Å². The molecule has 2 rings (SSSR count). The first-order valence-corrected chi connectivity index (χ1v) is 8.20. The molecule has 0 atom stereocenters. The molecular formula is C15H19N3O2S. The van der Waals surface area contributed by atoms with Crippen LogP contribution in [0.4, 0.5) is 11.5 Å². The zero-order chi connectivity index (χ0) is 15.5. The van der Waals surface area contributed by atoms with Gasteiger partial charge in [-0.15, -0.1) is 0 Å². The van der Waals surface area contributed by atoms with Crippen molar-refractivity contribution in [3.63, 3.8) is 0 Å². The number of sulfonamides is 1. The van der Waals surface area contributed by atoms with Crippen LogP contribution in [0.25, 0.3) is 0 Å². The predicted molar refractivity (Wildman–Crippen MR) is 85.1 cm³/mol. The molecule has 0 saturated heterocycles. The molecule has 0 aliphatic carbocycles. The van der Waals surface area contributed by atoms with Crippen LogP contribution in [0.2, 0.25) is 0 Å². The number of benzene rings is 1. The van der Waals surface area contributed by atoms with E-state index < -0.39 is 10.0 Å². The van der Waals surface area contributed by atoms with Crippen molar-refractivity contribution in [2.24, 2.45) is 0 Å². The van der Waals surface area contributed by atoms with Gasteiger partial charge in [-0.05, 0) is 56.2 Å². The third-order valence-electron chi connectivity index (χ3n) is 2.88. The van der Waals surface area contributed by atoms with Crippen LogP contribution in [-0.2, 0) is 10.0 Å². The molecule has 5 nitrogen and oxygen atoms in total. The molecule has 21 heavy (non-hydrogen) atoms. The van der Waals surface area contributed by atoms with Gasteiger partial charge in [0, 0.05) is 18.4 Å². The molecule has 0 unspecified atom stereocenters.